The third-order valence-corrected chi connectivity index (χ3v) is 3.53. The number of aromatic nitrogens is 3. The minimum absolute atomic E-state index is 0.0417. The number of carboxylic acid groups (broad SMARTS) is 1. The van der Waals surface area contributed by atoms with Crippen molar-refractivity contribution in [2.45, 2.75) is 18.6 Å². The first-order valence-electron chi connectivity index (χ1n) is 5.15. The van der Waals surface area contributed by atoms with Crippen LogP contribution in [0.3, 0.4) is 0 Å². The number of nitrogens with zero attached hydrogens (tertiary/aromatic N) is 3. The number of rotatable bonds is 5. The molecule has 0 bridgehead atoms. The van der Waals surface area contributed by atoms with Crippen molar-refractivity contribution in [2.24, 2.45) is 0 Å². The van der Waals surface area contributed by atoms with Gasteiger partial charge >= 0.3 is 5.97 Å². The van der Waals surface area contributed by atoms with E-state index in [1.54, 1.807) is 12.1 Å². The second kappa shape index (κ2) is 5.57. The molecule has 18 heavy (non-hydrogen) atoms. The zero-order chi connectivity index (χ0) is 13.1. The van der Waals surface area contributed by atoms with Crippen molar-refractivity contribution in [3.05, 3.63) is 16.8 Å². The van der Waals surface area contributed by atoms with Crippen LogP contribution in [0.2, 0.25) is 0 Å². The van der Waals surface area contributed by atoms with Gasteiger partial charge in [0.15, 0.2) is 15.6 Å². The molecular formula is C10H10BrN3O3S. The second-order valence-electron chi connectivity index (χ2n) is 3.34. The van der Waals surface area contributed by atoms with Crippen LogP contribution >= 0.6 is 27.7 Å². The molecule has 0 aliphatic heterocycles. The fourth-order valence-corrected chi connectivity index (χ4v) is 2.45. The summed E-state index contributed by atoms with van der Waals surface area (Å²) >= 11 is 4.36. The molecule has 0 aliphatic rings. The van der Waals surface area contributed by atoms with E-state index in [4.69, 9.17) is 9.52 Å². The number of carbonyl (C=O) groups is 1. The van der Waals surface area contributed by atoms with Crippen LogP contribution in [0.5, 0.6) is 0 Å². The molecule has 2 aromatic rings. The fraction of sp³-hybridized carbons (Fsp3) is 0.300. The number of carboxylic acids is 1. The van der Waals surface area contributed by atoms with E-state index in [-0.39, 0.29) is 5.75 Å². The largest absolute Gasteiger partial charge is 0.481 e. The van der Waals surface area contributed by atoms with Gasteiger partial charge in [-0.2, -0.15) is 0 Å². The number of hydrogen-bond acceptors (Lipinski definition) is 5. The van der Waals surface area contributed by atoms with Crippen LogP contribution in [0.4, 0.5) is 0 Å². The maximum atomic E-state index is 10.5. The van der Waals surface area contributed by atoms with E-state index in [2.05, 4.69) is 26.1 Å². The van der Waals surface area contributed by atoms with Gasteiger partial charge in [0.1, 0.15) is 0 Å². The summed E-state index contributed by atoms with van der Waals surface area (Å²) < 4.78 is 7.85. The summed E-state index contributed by atoms with van der Waals surface area (Å²) in [5.74, 6) is 0.266. The van der Waals surface area contributed by atoms with Crippen LogP contribution in [0.15, 0.2) is 26.4 Å². The maximum Gasteiger partial charge on any atom is 0.313 e. The normalized spacial score (nSPS) is 10.8. The van der Waals surface area contributed by atoms with E-state index in [1.807, 2.05) is 11.5 Å². The summed E-state index contributed by atoms with van der Waals surface area (Å²) in [6, 6.07) is 3.56. The standard InChI is InChI=1S/C10H10BrN3O3S/c1-2-14-9(6-3-4-7(11)17-6)12-13-10(14)18-5-8(15)16/h3-4H,2,5H2,1H3,(H,15,16). The molecule has 0 saturated heterocycles. The Labute approximate surface area is 116 Å². The number of thioether (sulfide) groups is 1. The van der Waals surface area contributed by atoms with Crippen LogP contribution in [0, 0.1) is 0 Å². The summed E-state index contributed by atoms with van der Waals surface area (Å²) in [5, 5.41) is 17.2. The van der Waals surface area contributed by atoms with E-state index in [0.29, 0.717) is 28.0 Å². The van der Waals surface area contributed by atoms with Gasteiger partial charge in [0.25, 0.3) is 0 Å². The summed E-state index contributed by atoms with van der Waals surface area (Å²) in [7, 11) is 0. The molecule has 96 valence electrons. The summed E-state index contributed by atoms with van der Waals surface area (Å²) in [5.41, 5.74) is 0. The lowest BCUT2D eigenvalue weighted by Crippen LogP contribution is -2.03. The van der Waals surface area contributed by atoms with Crippen molar-refractivity contribution in [3.63, 3.8) is 0 Å². The van der Waals surface area contributed by atoms with Crippen molar-refractivity contribution in [1.29, 1.82) is 0 Å². The molecule has 0 aliphatic carbocycles. The number of hydrogen-bond donors (Lipinski definition) is 1. The highest BCUT2D eigenvalue weighted by molar-refractivity contribution is 9.10. The van der Waals surface area contributed by atoms with Gasteiger partial charge in [-0.05, 0) is 35.0 Å². The van der Waals surface area contributed by atoms with Gasteiger partial charge in [-0.1, -0.05) is 11.8 Å². The van der Waals surface area contributed by atoms with Crippen molar-refractivity contribution < 1.29 is 14.3 Å². The quantitative estimate of drug-likeness (QED) is 0.847. The van der Waals surface area contributed by atoms with Gasteiger partial charge in [-0.25, -0.2) is 0 Å². The maximum absolute atomic E-state index is 10.5. The molecule has 0 radical (unpaired) electrons. The number of aliphatic carboxylic acids is 1. The van der Waals surface area contributed by atoms with Crippen LogP contribution in [0.1, 0.15) is 6.92 Å². The van der Waals surface area contributed by atoms with Gasteiger partial charge < -0.3 is 9.52 Å². The molecule has 0 spiro atoms. The van der Waals surface area contributed by atoms with Crippen molar-refractivity contribution in [2.75, 3.05) is 5.75 Å². The predicted molar refractivity (Wildman–Crippen MR) is 69.5 cm³/mol. The average Bonchev–Trinajstić information content (AvgIpc) is 2.91. The van der Waals surface area contributed by atoms with Crippen molar-refractivity contribution in [1.82, 2.24) is 14.8 Å². The predicted octanol–water partition coefficient (Wildman–Crippen LogP) is 2.50. The van der Waals surface area contributed by atoms with Gasteiger partial charge in [-0.3, -0.25) is 9.36 Å². The molecule has 0 saturated carbocycles. The fourth-order valence-electron chi connectivity index (χ4n) is 1.42. The first-order chi connectivity index (χ1) is 8.61. The molecule has 0 fully saturated rings. The highest BCUT2D eigenvalue weighted by Crippen LogP contribution is 2.27. The minimum atomic E-state index is -0.882. The average molecular weight is 332 g/mol. The number of furan rings is 1. The molecule has 1 N–H and O–H groups in total. The van der Waals surface area contributed by atoms with Crippen LogP contribution in [0.25, 0.3) is 11.6 Å². The van der Waals surface area contributed by atoms with E-state index in [1.165, 1.54) is 0 Å². The van der Waals surface area contributed by atoms with Crippen molar-refractivity contribution in [3.8, 4) is 11.6 Å². The van der Waals surface area contributed by atoms with E-state index in [0.717, 1.165) is 11.8 Å². The minimum Gasteiger partial charge on any atom is -0.481 e. The summed E-state index contributed by atoms with van der Waals surface area (Å²) in [4.78, 5) is 10.5. The van der Waals surface area contributed by atoms with Gasteiger partial charge in [-0.15, -0.1) is 10.2 Å². The molecule has 0 aromatic carbocycles. The zero-order valence-corrected chi connectivity index (χ0v) is 11.9. The van der Waals surface area contributed by atoms with Crippen molar-refractivity contribution >= 4 is 33.7 Å². The molecule has 0 unspecified atom stereocenters. The molecule has 8 heteroatoms. The third kappa shape index (κ3) is 2.75. The molecule has 2 rings (SSSR count). The second-order valence-corrected chi connectivity index (χ2v) is 5.06. The first-order valence-corrected chi connectivity index (χ1v) is 6.93. The van der Waals surface area contributed by atoms with Gasteiger partial charge in [0, 0.05) is 6.54 Å². The molecule has 2 heterocycles. The Bertz CT molecular complexity index is 566. The monoisotopic (exact) mass is 331 g/mol. The Morgan fingerprint density at radius 1 is 1.56 bits per heavy atom. The summed E-state index contributed by atoms with van der Waals surface area (Å²) in [6.07, 6.45) is 0. The lowest BCUT2D eigenvalue weighted by molar-refractivity contribution is -0.133. The molecule has 0 amide bonds. The Morgan fingerprint density at radius 3 is 2.89 bits per heavy atom. The Morgan fingerprint density at radius 2 is 2.33 bits per heavy atom. The lowest BCUT2D eigenvalue weighted by Gasteiger charge is -2.04. The Hall–Kier alpha value is -1.28. The lowest BCUT2D eigenvalue weighted by atomic mass is 10.4. The highest BCUT2D eigenvalue weighted by Gasteiger charge is 2.16. The van der Waals surface area contributed by atoms with Gasteiger partial charge in [0.05, 0.1) is 5.75 Å². The Kier molecular flexibility index (Phi) is 4.07. The van der Waals surface area contributed by atoms with E-state index in [9.17, 15) is 4.79 Å². The zero-order valence-electron chi connectivity index (χ0n) is 9.46. The van der Waals surface area contributed by atoms with Crippen LogP contribution < -0.4 is 0 Å². The third-order valence-electron chi connectivity index (χ3n) is 2.15. The topological polar surface area (TPSA) is 81.2 Å². The smallest absolute Gasteiger partial charge is 0.313 e. The molecule has 0 atom stereocenters. The molecule has 6 nitrogen and oxygen atoms in total. The SMILES string of the molecule is CCn1c(SCC(=O)O)nnc1-c1ccc(Br)o1. The van der Waals surface area contributed by atoms with Crippen LogP contribution in [-0.2, 0) is 11.3 Å². The number of halogens is 1. The summed E-state index contributed by atoms with van der Waals surface area (Å²) in [6.45, 7) is 2.58. The molecular weight excluding hydrogens is 322 g/mol. The molecule has 2 aromatic heterocycles. The van der Waals surface area contributed by atoms with Crippen LogP contribution in [-0.4, -0.2) is 31.6 Å². The van der Waals surface area contributed by atoms with Gasteiger partial charge in [0.2, 0.25) is 5.82 Å². The highest BCUT2D eigenvalue weighted by atomic mass is 79.9. The first kappa shape index (κ1) is 13.2. The van der Waals surface area contributed by atoms with E-state index >= 15 is 0 Å². The Balaban J connectivity index is 2.29. The van der Waals surface area contributed by atoms with E-state index < -0.39 is 5.97 Å².